The Labute approximate surface area is 150 Å². The van der Waals surface area contributed by atoms with Crippen molar-refractivity contribution in [2.45, 2.75) is 19.3 Å². The van der Waals surface area contributed by atoms with Crippen LogP contribution in [-0.4, -0.2) is 47.8 Å². The van der Waals surface area contributed by atoms with E-state index in [2.05, 4.69) is 0 Å². The number of hydrogen-bond donors (Lipinski definition) is 0. The van der Waals surface area contributed by atoms with Crippen LogP contribution in [0.4, 0.5) is 4.39 Å². The number of nitrogens with zero attached hydrogens (tertiary/aromatic N) is 2. The fourth-order valence-electron chi connectivity index (χ4n) is 2.98. The van der Waals surface area contributed by atoms with Gasteiger partial charge < -0.3 is 9.80 Å². The van der Waals surface area contributed by atoms with Gasteiger partial charge in [0.05, 0.1) is 6.42 Å². The van der Waals surface area contributed by atoms with Crippen LogP contribution in [0.3, 0.4) is 0 Å². The zero-order valence-electron chi connectivity index (χ0n) is 14.0. The summed E-state index contributed by atoms with van der Waals surface area (Å²) in [6.45, 7) is 2.23. The van der Waals surface area contributed by atoms with E-state index in [0.717, 1.165) is 4.88 Å². The van der Waals surface area contributed by atoms with Gasteiger partial charge in [-0.1, -0.05) is 24.3 Å². The largest absolute Gasteiger partial charge is 0.339 e. The molecule has 0 aliphatic carbocycles. The first-order valence-corrected chi connectivity index (χ1v) is 9.33. The second-order valence-electron chi connectivity index (χ2n) is 6.11. The van der Waals surface area contributed by atoms with Gasteiger partial charge in [-0.3, -0.25) is 9.59 Å². The average molecular weight is 360 g/mol. The van der Waals surface area contributed by atoms with E-state index in [9.17, 15) is 14.0 Å². The van der Waals surface area contributed by atoms with Crippen molar-refractivity contribution in [3.63, 3.8) is 0 Å². The Morgan fingerprint density at radius 2 is 1.64 bits per heavy atom. The van der Waals surface area contributed by atoms with Crippen LogP contribution in [0.5, 0.6) is 0 Å². The number of rotatable bonds is 5. The first kappa shape index (κ1) is 17.6. The van der Waals surface area contributed by atoms with Gasteiger partial charge in [0.15, 0.2) is 0 Å². The Morgan fingerprint density at radius 3 is 2.28 bits per heavy atom. The summed E-state index contributed by atoms with van der Waals surface area (Å²) < 4.78 is 13.6. The molecule has 0 N–H and O–H groups in total. The second kappa shape index (κ2) is 8.25. The Hall–Kier alpha value is -2.21. The Morgan fingerprint density at radius 1 is 0.960 bits per heavy atom. The molecule has 0 saturated carbocycles. The smallest absolute Gasteiger partial charge is 0.227 e. The predicted molar refractivity (Wildman–Crippen MR) is 95.9 cm³/mol. The number of carbonyl (C=O) groups excluding carboxylic acids is 2. The zero-order valence-corrected chi connectivity index (χ0v) is 14.8. The van der Waals surface area contributed by atoms with E-state index in [1.807, 2.05) is 22.4 Å². The SMILES string of the molecule is O=C(CCc1ccccc1F)N1CCN(C(=O)Cc2cccs2)CC1. The minimum absolute atomic E-state index is 0.0219. The maximum Gasteiger partial charge on any atom is 0.227 e. The molecule has 2 heterocycles. The van der Waals surface area contributed by atoms with Crippen LogP contribution in [0.15, 0.2) is 41.8 Å². The molecule has 1 fully saturated rings. The molecule has 0 bridgehead atoms. The molecule has 1 aliphatic heterocycles. The quantitative estimate of drug-likeness (QED) is 0.823. The van der Waals surface area contributed by atoms with Crippen LogP contribution < -0.4 is 0 Å². The lowest BCUT2D eigenvalue weighted by Gasteiger charge is -2.35. The molecule has 0 unspecified atom stereocenters. The molecule has 2 amide bonds. The van der Waals surface area contributed by atoms with Crippen molar-refractivity contribution in [2.24, 2.45) is 0 Å². The second-order valence-corrected chi connectivity index (χ2v) is 7.14. The maximum atomic E-state index is 13.6. The number of hydrogen-bond acceptors (Lipinski definition) is 3. The van der Waals surface area contributed by atoms with E-state index < -0.39 is 0 Å². The van der Waals surface area contributed by atoms with Crippen LogP contribution in [0.2, 0.25) is 0 Å². The van der Waals surface area contributed by atoms with Gasteiger partial charge in [0.2, 0.25) is 11.8 Å². The van der Waals surface area contributed by atoms with E-state index in [4.69, 9.17) is 0 Å². The Balaban J connectivity index is 1.44. The van der Waals surface area contributed by atoms with Crippen molar-refractivity contribution in [1.82, 2.24) is 9.80 Å². The molecule has 25 heavy (non-hydrogen) atoms. The summed E-state index contributed by atoms with van der Waals surface area (Å²) >= 11 is 1.58. The van der Waals surface area contributed by atoms with Gasteiger partial charge in [-0.15, -0.1) is 11.3 Å². The third-order valence-electron chi connectivity index (χ3n) is 4.46. The van der Waals surface area contributed by atoms with Crippen LogP contribution in [0.1, 0.15) is 16.9 Å². The fraction of sp³-hybridized carbons (Fsp3) is 0.368. The molecule has 0 radical (unpaired) electrons. The van der Waals surface area contributed by atoms with Gasteiger partial charge in [-0.25, -0.2) is 4.39 Å². The first-order valence-electron chi connectivity index (χ1n) is 8.45. The topological polar surface area (TPSA) is 40.6 Å². The molecular formula is C19H21FN2O2S. The van der Waals surface area contributed by atoms with Gasteiger partial charge in [0, 0.05) is 37.5 Å². The maximum absolute atomic E-state index is 13.6. The fourth-order valence-corrected chi connectivity index (χ4v) is 3.68. The summed E-state index contributed by atoms with van der Waals surface area (Å²) in [5.41, 5.74) is 0.570. The highest BCUT2D eigenvalue weighted by Gasteiger charge is 2.24. The van der Waals surface area contributed by atoms with Crippen molar-refractivity contribution in [1.29, 1.82) is 0 Å². The lowest BCUT2D eigenvalue weighted by atomic mass is 10.1. The third-order valence-corrected chi connectivity index (χ3v) is 5.33. The molecule has 6 heteroatoms. The summed E-state index contributed by atoms with van der Waals surface area (Å²) in [5.74, 6) is -0.131. The number of halogens is 1. The standard InChI is InChI=1S/C19H21FN2O2S/c20-17-6-2-1-4-15(17)7-8-18(23)21-9-11-22(12-10-21)19(24)14-16-5-3-13-25-16/h1-6,13H,7-12,14H2. The normalized spacial score (nSPS) is 14.6. The molecule has 0 spiro atoms. The molecule has 1 aromatic heterocycles. The summed E-state index contributed by atoms with van der Waals surface area (Å²) in [7, 11) is 0. The van der Waals surface area contributed by atoms with Crippen LogP contribution in [0.25, 0.3) is 0 Å². The van der Waals surface area contributed by atoms with Gasteiger partial charge in [-0.05, 0) is 29.5 Å². The third kappa shape index (κ3) is 4.66. The van der Waals surface area contributed by atoms with Gasteiger partial charge in [0.1, 0.15) is 5.82 Å². The number of benzene rings is 1. The molecule has 0 atom stereocenters. The van der Waals surface area contributed by atoms with E-state index in [1.54, 1.807) is 34.4 Å². The monoisotopic (exact) mass is 360 g/mol. The molecule has 132 valence electrons. The Bertz CT molecular complexity index is 725. The molecule has 1 aromatic carbocycles. The van der Waals surface area contributed by atoms with Crippen LogP contribution in [0, 0.1) is 5.82 Å². The average Bonchev–Trinajstić information content (AvgIpc) is 3.14. The van der Waals surface area contributed by atoms with Crippen molar-refractivity contribution in [3.8, 4) is 0 Å². The number of thiophene rings is 1. The summed E-state index contributed by atoms with van der Waals surface area (Å²) in [4.78, 5) is 29.3. The van der Waals surface area contributed by atoms with E-state index >= 15 is 0 Å². The van der Waals surface area contributed by atoms with Crippen LogP contribution in [-0.2, 0) is 22.4 Å². The van der Waals surface area contributed by atoms with Gasteiger partial charge in [-0.2, -0.15) is 0 Å². The van der Waals surface area contributed by atoms with E-state index in [1.165, 1.54) is 6.07 Å². The number of piperazine rings is 1. The van der Waals surface area contributed by atoms with Crippen molar-refractivity contribution in [2.75, 3.05) is 26.2 Å². The summed E-state index contributed by atoms with van der Waals surface area (Å²) in [5, 5.41) is 1.97. The highest BCUT2D eigenvalue weighted by atomic mass is 32.1. The first-order chi connectivity index (χ1) is 12.1. The lowest BCUT2D eigenvalue weighted by Crippen LogP contribution is -2.51. The number of amides is 2. The summed E-state index contributed by atoms with van der Waals surface area (Å²) in [6, 6.07) is 10.5. The minimum atomic E-state index is -0.265. The highest BCUT2D eigenvalue weighted by Crippen LogP contribution is 2.14. The van der Waals surface area contributed by atoms with Crippen molar-refractivity contribution >= 4 is 23.2 Å². The lowest BCUT2D eigenvalue weighted by molar-refractivity contribution is -0.139. The molecular weight excluding hydrogens is 339 g/mol. The highest BCUT2D eigenvalue weighted by molar-refractivity contribution is 7.10. The Kier molecular flexibility index (Phi) is 5.81. The van der Waals surface area contributed by atoms with E-state index in [-0.39, 0.29) is 17.6 Å². The van der Waals surface area contributed by atoms with Crippen LogP contribution >= 0.6 is 11.3 Å². The molecule has 3 rings (SSSR count). The summed E-state index contributed by atoms with van der Waals surface area (Å²) in [6.07, 6.45) is 1.13. The minimum Gasteiger partial charge on any atom is -0.339 e. The number of aryl methyl sites for hydroxylation is 1. The number of carbonyl (C=O) groups is 2. The molecule has 1 aliphatic rings. The predicted octanol–water partition coefficient (Wildman–Crippen LogP) is 2.73. The zero-order chi connectivity index (χ0) is 17.6. The molecule has 4 nitrogen and oxygen atoms in total. The van der Waals surface area contributed by atoms with E-state index in [0.29, 0.717) is 51.0 Å². The molecule has 2 aromatic rings. The van der Waals surface area contributed by atoms with Gasteiger partial charge >= 0.3 is 0 Å². The van der Waals surface area contributed by atoms with Gasteiger partial charge in [0.25, 0.3) is 0 Å². The molecule has 1 saturated heterocycles. The van der Waals surface area contributed by atoms with Crippen molar-refractivity contribution in [3.05, 3.63) is 58.0 Å². The van der Waals surface area contributed by atoms with Crippen molar-refractivity contribution < 1.29 is 14.0 Å².